The van der Waals surface area contributed by atoms with E-state index in [1.807, 2.05) is 17.9 Å². The standard InChI is InChI=1S/C15H22FN5/c1-12(2)17-10-14-11-21(19-18-14)9-8-20(3)15-6-4-13(16)5-7-15/h4-7,11-12,17H,8-10H2,1-3H3. The third kappa shape index (κ3) is 4.82. The molecule has 0 spiro atoms. The molecule has 1 heterocycles. The van der Waals surface area contributed by atoms with Crippen molar-refractivity contribution in [2.24, 2.45) is 0 Å². The van der Waals surface area contributed by atoms with Crippen molar-refractivity contribution in [3.8, 4) is 0 Å². The number of likely N-dealkylation sites (N-methyl/N-ethyl adjacent to an activating group) is 1. The highest BCUT2D eigenvalue weighted by Crippen LogP contribution is 2.12. The number of hydrogen-bond donors (Lipinski definition) is 1. The number of aromatic nitrogens is 3. The van der Waals surface area contributed by atoms with Gasteiger partial charge in [-0.05, 0) is 24.3 Å². The quantitative estimate of drug-likeness (QED) is 0.848. The second kappa shape index (κ2) is 7.17. The van der Waals surface area contributed by atoms with E-state index in [-0.39, 0.29) is 5.82 Å². The molecule has 2 rings (SSSR count). The lowest BCUT2D eigenvalue weighted by Gasteiger charge is -2.18. The van der Waals surface area contributed by atoms with Crippen LogP contribution in [0.15, 0.2) is 30.5 Å². The van der Waals surface area contributed by atoms with E-state index < -0.39 is 0 Å². The van der Waals surface area contributed by atoms with Gasteiger partial charge >= 0.3 is 0 Å². The number of benzene rings is 1. The molecule has 1 N–H and O–H groups in total. The maximum Gasteiger partial charge on any atom is 0.123 e. The highest BCUT2D eigenvalue weighted by molar-refractivity contribution is 5.45. The minimum Gasteiger partial charge on any atom is -0.373 e. The molecule has 0 saturated heterocycles. The number of nitrogens with one attached hydrogen (secondary N) is 1. The van der Waals surface area contributed by atoms with E-state index >= 15 is 0 Å². The summed E-state index contributed by atoms with van der Waals surface area (Å²) in [6.45, 7) is 6.45. The average molecular weight is 291 g/mol. The van der Waals surface area contributed by atoms with Gasteiger partial charge in [-0.1, -0.05) is 19.1 Å². The van der Waals surface area contributed by atoms with Crippen LogP contribution in [0.25, 0.3) is 0 Å². The molecular weight excluding hydrogens is 269 g/mol. The number of rotatable bonds is 7. The topological polar surface area (TPSA) is 46.0 Å². The van der Waals surface area contributed by atoms with Gasteiger partial charge in [0.2, 0.25) is 0 Å². The summed E-state index contributed by atoms with van der Waals surface area (Å²) >= 11 is 0. The van der Waals surface area contributed by atoms with Crippen LogP contribution < -0.4 is 10.2 Å². The second-order valence-corrected chi connectivity index (χ2v) is 5.41. The first-order chi connectivity index (χ1) is 10.0. The number of anilines is 1. The van der Waals surface area contributed by atoms with E-state index in [1.165, 1.54) is 12.1 Å². The first-order valence-corrected chi connectivity index (χ1v) is 7.13. The van der Waals surface area contributed by atoms with Crippen molar-refractivity contribution in [1.82, 2.24) is 20.3 Å². The summed E-state index contributed by atoms with van der Waals surface area (Å²) in [7, 11) is 1.98. The minimum atomic E-state index is -0.217. The first-order valence-electron chi connectivity index (χ1n) is 7.13. The summed E-state index contributed by atoms with van der Waals surface area (Å²) in [5.74, 6) is -0.217. The molecule has 0 unspecified atom stereocenters. The summed E-state index contributed by atoms with van der Waals surface area (Å²) in [5, 5.41) is 11.6. The van der Waals surface area contributed by atoms with Crippen LogP contribution in [0.5, 0.6) is 0 Å². The molecule has 0 fully saturated rings. The van der Waals surface area contributed by atoms with Crippen molar-refractivity contribution in [2.75, 3.05) is 18.5 Å². The van der Waals surface area contributed by atoms with Crippen LogP contribution in [0, 0.1) is 5.82 Å². The lowest BCUT2D eigenvalue weighted by molar-refractivity contribution is 0.579. The van der Waals surface area contributed by atoms with Crippen molar-refractivity contribution in [3.63, 3.8) is 0 Å². The Labute approximate surface area is 124 Å². The molecule has 0 amide bonds. The zero-order valence-corrected chi connectivity index (χ0v) is 12.8. The number of nitrogens with zero attached hydrogens (tertiary/aromatic N) is 4. The van der Waals surface area contributed by atoms with Crippen molar-refractivity contribution < 1.29 is 4.39 Å². The molecule has 0 saturated carbocycles. The zero-order valence-electron chi connectivity index (χ0n) is 12.8. The summed E-state index contributed by atoms with van der Waals surface area (Å²) in [6.07, 6.45) is 1.95. The molecule has 0 atom stereocenters. The van der Waals surface area contributed by atoms with Crippen LogP contribution in [0.2, 0.25) is 0 Å². The van der Waals surface area contributed by atoms with Crippen LogP contribution in [0.1, 0.15) is 19.5 Å². The normalized spacial score (nSPS) is 11.1. The van der Waals surface area contributed by atoms with Gasteiger partial charge in [0.15, 0.2) is 0 Å². The van der Waals surface area contributed by atoms with Crippen molar-refractivity contribution in [3.05, 3.63) is 42.0 Å². The molecule has 21 heavy (non-hydrogen) atoms. The van der Waals surface area contributed by atoms with E-state index in [1.54, 1.807) is 12.1 Å². The van der Waals surface area contributed by atoms with Gasteiger partial charge in [-0.2, -0.15) is 0 Å². The molecule has 6 heteroatoms. The zero-order chi connectivity index (χ0) is 15.2. The van der Waals surface area contributed by atoms with Gasteiger partial charge in [0.05, 0.1) is 12.2 Å². The molecule has 2 aromatic rings. The average Bonchev–Trinajstić information content (AvgIpc) is 2.91. The Balaban J connectivity index is 1.83. The second-order valence-electron chi connectivity index (χ2n) is 5.41. The van der Waals surface area contributed by atoms with Crippen LogP contribution in [-0.2, 0) is 13.1 Å². The van der Waals surface area contributed by atoms with Gasteiger partial charge in [-0.15, -0.1) is 5.10 Å². The molecule has 5 nitrogen and oxygen atoms in total. The van der Waals surface area contributed by atoms with Gasteiger partial charge in [0.1, 0.15) is 5.82 Å². The maximum absolute atomic E-state index is 12.9. The fraction of sp³-hybridized carbons (Fsp3) is 0.467. The number of hydrogen-bond acceptors (Lipinski definition) is 4. The molecule has 0 aliphatic rings. The molecule has 0 bridgehead atoms. The SMILES string of the molecule is CC(C)NCc1cn(CCN(C)c2ccc(F)cc2)nn1. The van der Waals surface area contributed by atoms with Gasteiger partial charge in [0.25, 0.3) is 0 Å². The molecule has 0 radical (unpaired) electrons. The Kier molecular flexibility index (Phi) is 5.27. The van der Waals surface area contributed by atoms with Gasteiger partial charge in [-0.25, -0.2) is 4.39 Å². The lowest BCUT2D eigenvalue weighted by Crippen LogP contribution is -2.23. The fourth-order valence-electron chi connectivity index (χ4n) is 1.91. The van der Waals surface area contributed by atoms with Crippen molar-refractivity contribution >= 4 is 5.69 Å². The van der Waals surface area contributed by atoms with Crippen LogP contribution in [-0.4, -0.2) is 34.6 Å². The minimum absolute atomic E-state index is 0.217. The van der Waals surface area contributed by atoms with E-state index in [4.69, 9.17) is 0 Å². The lowest BCUT2D eigenvalue weighted by atomic mass is 10.3. The largest absolute Gasteiger partial charge is 0.373 e. The Bertz CT molecular complexity index is 549. The Hall–Kier alpha value is -1.95. The van der Waals surface area contributed by atoms with Crippen molar-refractivity contribution in [1.29, 1.82) is 0 Å². The smallest absolute Gasteiger partial charge is 0.123 e. The highest BCUT2D eigenvalue weighted by atomic mass is 19.1. The Morgan fingerprint density at radius 3 is 2.67 bits per heavy atom. The van der Waals surface area contributed by atoms with Crippen LogP contribution >= 0.6 is 0 Å². The van der Waals surface area contributed by atoms with E-state index in [9.17, 15) is 4.39 Å². The third-order valence-corrected chi connectivity index (χ3v) is 3.21. The molecule has 114 valence electrons. The third-order valence-electron chi connectivity index (χ3n) is 3.21. The molecular formula is C15H22FN5. The predicted molar refractivity (Wildman–Crippen MR) is 81.7 cm³/mol. The van der Waals surface area contributed by atoms with Gasteiger partial charge < -0.3 is 10.2 Å². The predicted octanol–water partition coefficient (Wildman–Crippen LogP) is 2.05. The number of halogens is 1. The Morgan fingerprint density at radius 1 is 1.29 bits per heavy atom. The Morgan fingerprint density at radius 2 is 2.00 bits per heavy atom. The van der Waals surface area contributed by atoms with Crippen molar-refractivity contribution in [2.45, 2.75) is 33.0 Å². The van der Waals surface area contributed by atoms with Crippen LogP contribution in [0.4, 0.5) is 10.1 Å². The van der Waals surface area contributed by atoms with E-state index in [2.05, 4.69) is 34.4 Å². The molecule has 1 aromatic heterocycles. The van der Waals surface area contributed by atoms with E-state index in [0.717, 1.165) is 31.0 Å². The fourth-order valence-corrected chi connectivity index (χ4v) is 1.91. The van der Waals surface area contributed by atoms with Crippen LogP contribution in [0.3, 0.4) is 0 Å². The maximum atomic E-state index is 12.9. The summed E-state index contributed by atoms with van der Waals surface area (Å²) in [6, 6.07) is 6.91. The summed E-state index contributed by atoms with van der Waals surface area (Å²) in [5.41, 5.74) is 1.92. The molecule has 0 aliphatic heterocycles. The summed E-state index contributed by atoms with van der Waals surface area (Å²) in [4.78, 5) is 2.06. The summed E-state index contributed by atoms with van der Waals surface area (Å²) < 4.78 is 14.7. The van der Waals surface area contributed by atoms with Gasteiger partial charge in [0, 0.05) is 38.1 Å². The highest BCUT2D eigenvalue weighted by Gasteiger charge is 2.04. The monoisotopic (exact) mass is 291 g/mol. The first kappa shape index (κ1) is 15.4. The molecule has 1 aromatic carbocycles. The molecule has 0 aliphatic carbocycles. The van der Waals surface area contributed by atoms with Gasteiger partial charge in [-0.3, -0.25) is 4.68 Å². The van der Waals surface area contributed by atoms with E-state index in [0.29, 0.717) is 6.04 Å².